The highest BCUT2D eigenvalue weighted by Gasteiger charge is 2.33. The Morgan fingerprint density at radius 3 is 1.47 bits per heavy atom. The monoisotopic (exact) mass is 620 g/mol. The van der Waals surface area contributed by atoms with E-state index in [4.69, 9.17) is 33.2 Å². The van der Waals surface area contributed by atoms with Crippen molar-refractivity contribution in [3.8, 4) is 23.0 Å². The maximum absolute atomic E-state index is 12.6. The first kappa shape index (κ1) is 33.5. The van der Waals surface area contributed by atoms with E-state index < -0.39 is 11.9 Å². The largest absolute Gasteiger partial charge is 0.494 e. The maximum Gasteiger partial charge on any atom is 0.343 e. The predicted molar refractivity (Wildman–Crippen MR) is 165 cm³/mol. The fraction of sp³-hybridized carbons (Fsp3) is 0.400. The van der Waals surface area contributed by atoms with Gasteiger partial charge in [-0.25, -0.2) is 9.59 Å². The highest BCUT2D eigenvalue weighted by Crippen LogP contribution is 2.26. The highest BCUT2D eigenvalue weighted by molar-refractivity contribution is 5.92. The molecule has 1 aliphatic heterocycles. The second-order valence-electron chi connectivity index (χ2n) is 11.1. The first-order valence-corrected chi connectivity index (χ1v) is 15.1. The van der Waals surface area contributed by atoms with Gasteiger partial charge in [0.05, 0.1) is 50.8 Å². The third-order valence-electron chi connectivity index (χ3n) is 6.84. The SMILES string of the molecule is CC(=O)OCCCCOc1ccc(C(=O)Oc2ccc(OC(=O)c3ccc(OCCCCOCC4(C)COC4)cc3)cc2)cc1. The lowest BCUT2D eigenvalue weighted by atomic mass is 9.90. The van der Waals surface area contributed by atoms with Gasteiger partial charge in [0, 0.05) is 18.9 Å². The zero-order valence-electron chi connectivity index (χ0n) is 25.8. The molecule has 0 bridgehead atoms. The van der Waals surface area contributed by atoms with Crippen LogP contribution in [-0.4, -0.2) is 64.2 Å². The van der Waals surface area contributed by atoms with E-state index in [-0.39, 0.29) is 11.4 Å². The Morgan fingerprint density at radius 2 is 1.04 bits per heavy atom. The Hall–Kier alpha value is -4.41. The van der Waals surface area contributed by atoms with Gasteiger partial charge in [0.2, 0.25) is 0 Å². The summed E-state index contributed by atoms with van der Waals surface area (Å²) in [5.41, 5.74) is 0.911. The smallest absolute Gasteiger partial charge is 0.343 e. The quantitative estimate of drug-likeness (QED) is 0.0944. The molecule has 4 rings (SSSR count). The molecule has 0 aromatic heterocycles. The van der Waals surface area contributed by atoms with Crippen LogP contribution in [0.3, 0.4) is 0 Å². The molecule has 1 fully saturated rings. The summed E-state index contributed by atoms with van der Waals surface area (Å²) in [5.74, 6) is 0.578. The zero-order chi connectivity index (χ0) is 31.9. The molecule has 0 unspecified atom stereocenters. The van der Waals surface area contributed by atoms with Crippen molar-refractivity contribution in [2.45, 2.75) is 39.5 Å². The lowest BCUT2D eigenvalue weighted by molar-refractivity contribution is -0.141. The van der Waals surface area contributed by atoms with Gasteiger partial charge in [0.1, 0.15) is 23.0 Å². The molecular weight excluding hydrogens is 580 g/mol. The van der Waals surface area contributed by atoms with Crippen LogP contribution in [0.1, 0.15) is 60.2 Å². The number of hydrogen-bond acceptors (Lipinski definition) is 10. The predicted octanol–water partition coefficient (Wildman–Crippen LogP) is 6.06. The molecule has 10 heteroatoms. The van der Waals surface area contributed by atoms with Crippen LogP contribution < -0.4 is 18.9 Å². The lowest BCUT2D eigenvalue weighted by Gasteiger charge is -2.37. The highest BCUT2D eigenvalue weighted by atomic mass is 16.5. The number of rotatable bonds is 18. The van der Waals surface area contributed by atoms with E-state index in [0.29, 0.717) is 67.0 Å². The summed E-state index contributed by atoms with van der Waals surface area (Å²) in [7, 11) is 0. The Bertz CT molecular complexity index is 1360. The van der Waals surface area contributed by atoms with E-state index in [1.165, 1.54) is 6.92 Å². The second-order valence-corrected chi connectivity index (χ2v) is 11.1. The zero-order valence-corrected chi connectivity index (χ0v) is 25.8. The van der Waals surface area contributed by atoms with Crippen molar-refractivity contribution in [2.24, 2.45) is 5.41 Å². The van der Waals surface area contributed by atoms with Crippen LogP contribution in [0.15, 0.2) is 72.8 Å². The van der Waals surface area contributed by atoms with Crippen molar-refractivity contribution in [1.29, 1.82) is 0 Å². The summed E-state index contributed by atoms with van der Waals surface area (Å²) in [4.78, 5) is 35.9. The van der Waals surface area contributed by atoms with E-state index >= 15 is 0 Å². The molecule has 3 aromatic rings. The van der Waals surface area contributed by atoms with Crippen LogP contribution >= 0.6 is 0 Å². The Morgan fingerprint density at radius 1 is 0.622 bits per heavy atom. The second kappa shape index (κ2) is 17.2. The molecule has 0 spiro atoms. The van der Waals surface area contributed by atoms with Crippen LogP contribution in [0, 0.1) is 5.41 Å². The first-order chi connectivity index (χ1) is 21.8. The fourth-order valence-corrected chi connectivity index (χ4v) is 4.24. The van der Waals surface area contributed by atoms with Crippen LogP contribution in [0.25, 0.3) is 0 Å². The van der Waals surface area contributed by atoms with Crippen LogP contribution in [-0.2, 0) is 19.0 Å². The Kier molecular flexibility index (Phi) is 12.8. The molecule has 0 N–H and O–H groups in total. The molecule has 0 radical (unpaired) electrons. The average molecular weight is 621 g/mol. The third-order valence-corrected chi connectivity index (χ3v) is 6.84. The average Bonchev–Trinajstić information content (AvgIpc) is 3.02. The lowest BCUT2D eigenvalue weighted by Crippen LogP contribution is -2.43. The molecule has 0 saturated carbocycles. The van der Waals surface area contributed by atoms with E-state index in [9.17, 15) is 14.4 Å². The van der Waals surface area contributed by atoms with Crippen molar-refractivity contribution in [3.05, 3.63) is 83.9 Å². The molecule has 0 atom stereocenters. The summed E-state index contributed by atoms with van der Waals surface area (Å²) < 4.78 is 38.1. The number of esters is 3. The van der Waals surface area contributed by atoms with Gasteiger partial charge in [-0.3, -0.25) is 4.79 Å². The molecule has 1 aliphatic rings. The molecule has 240 valence electrons. The van der Waals surface area contributed by atoms with Crippen molar-refractivity contribution in [1.82, 2.24) is 0 Å². The van der Waals surface area contributed by atoms with Gasteiger partial charge in [-0.2, -0.15) is 0 Å². The summed E-state index contributed by atoms with van der Waals surface area (Å²) in [6, 6.07) is 19.6. The van der Waals surface area contributed by atoms with E-state index in [1.807, 2.05) is 0 Å². The van der Waals surface area contributed by atoms with Crippen LogP contribution in [0.2, 0.25) is 0 Å². The maximum atomic E-state index is 12.6. The molecule has 1 saturated heterocycles. The summed E-state index contributed by atoms with van der Waals surface area (Å²) >= 11 is 0. The van der Waals surface area contributed by atoms with Crippen molar-refractivity contribution in [3.63, 3.8) is 0 Å². The van der Waals surface area contributed by atoms with Gasteiger partial charge in [-0.05, 0) is 98.5 Å². The topological polar surface area (TPSA) is 116 Å². The molecule has 0 amide bonds. The number of benzene rings is 3. The minimum Gasteiger partial charge on any atom is -0.494 e. The fourth-order valence-electron chi connectivity index (χ4n) is 4.24. The van der Waals surface area contributed by atoms with Crippen molar-refractivity contribution < 1.29 is 47.5 Å². The summed E-state index contributed by atoms with van der Waals surface area (Å²) in [6.45, 7) is 7.88. The molecule has 1 heterocycles. The summed E-state index contributed by atoms with van der Waals surface area (Å²) in [5, 5.41) is 0. The Labute approximate surface area is 263 Å². The minimum atomic E-state index is -0.530. The van der Waals surface area contributed by atoms with Gasteiger partial charge in [-0.1, -0.05) is 6.92 Å². The normalized spacial score (nSPS) is 13.3. The van der Waals surface area contributed by atoms with Gasteiger partial charge in [0.25, 0.3) is 0 Å². The van der Waals surface area contributed by atoms with E-state index in [1.54, 1.807) is 72.8 Å². The number of carbonyl (C=O) groups is 3. The minimum absolute atomic E-state index is 0.167. The van der Waals surface area contributed by atoms with Gasteiger partial charge in [0.15, 0.2) is 0 Å². The number of carbonyl (C=O) groups excluding carboxylic acids is 3. The molecule has 0 aliphatic carbocycles. The van der Waals surface area contributed by atoms with E-state index in [2.05, 4.69) is 6.92 Å². The number of unbranched alkanes of at least 4 members (excludes halogenated alkanes) is 2. The standard InChI is InChI=1S/C35H40O10/c1-26(36)41-20-5-6-22-43-30-13-9-28(10-14-30)34(38)45-32-17-15-31(16-18-32)44-33(37)27-7-11-29(12-8-27)42-21-4-3-19-39-23-35(2)24-40-25-35/h7-18H,3-6,19-25H2,1-2H3. The number of ether oxygens (including phenoxy) is 7. The number of hydrogen-bond donors (Lipinski definition) is 0. The molecule has 45 heavy (non-hydrogen) atoms. The summed E-state index contributed by atoms with van der Waals surface area (Å²) in [6.07, 6.45) is 3.22. The third kappa shape index (κ3) is 11.6. The van der Waals surface area contributed by atoms with Crippen LogP contribution in [0.4, 0.5) is 0 Å². The Balaban J connectivity index is 1.12. The molecular formula is C35H40O10. The van der Waals surface area contributed by atoms with E-state index in [0.717, 1.165) is 39.1 Å². The van der Waals surface area contributed by atoms with Gasteiger partial charge >= 0.3 is 17.9 Å². The van der Waals surface area contributed by atoms with Crippen molar-refractivity contribution in [2.75, 3.05) is 46.2 Å². The van der Waals surface area contributed by atoms with Gasteiger partial charge in [-0.15, -0.1) is 0 Å². The molecule has 10 nitrogen and oxygen atoms in total. The van der Waals surface area contributed by atoms with Crippen molar-refractivity contribution >= 4 is 17.9 Å². The van der Waals surface area contributed by atoms with Gasteiger partial charge < -0.3 is 33.2 Å². The van der Waals surface area contributed by atoms with Crippen LogP contribution in [0.5, 0.6) is 23.0 Å². The molecule has 3 aromatic carbocycles. The first-order valence-electron chi connectivity index (χ1n) is 15.1.